The van der Waals surface area contributed by atoms with Crippen LogP contribution < -0.4 is 10.6 Å². The standard InChI is InChI=1S/C13H20N4S/c1-9(2)7-17(5-4-14)12-11-6-10(3)18-13(11)16-8-15-12/h6,8-9H,4-5,7,14H2,1-3H3. The van der Waals surface area contributed by atoms with Crippen molar-refractivity contribution in [3.63, 3.8) is 0 Å². The van der Waals surface area contributed by atoms with Crippen LogP contribution in [0.1, 0.15) is 18.7 Å². The number of rotatable bonds is 5. The largest absolute Gasteiger partial charge is 0.354 e. The molecule has 0 fully saturated rings. The van der Waals surface area contributed by atoms with Crippen LogP contribution in [-0.4, -0.2) is 29.6 Å². The molecule has 98 valence electrons. The van der Waals surface area contributed by atoms with Crippen molar-refractivity contribution >= 4 is 27.4 Å². The fraction of sp³-hybridized carbons (Fsp3) is 0.538. The highest BCUT2D eigenvalue weighted by Crippen LogP contribution is 2.29. The lowest BCUT2D eigenvalue weighted by Crippen LogP contribution is -2.33. The normalized spacial score (nSPS) is 11.4. The number of nitrogens with zero attached hydrogens (tertiary/aromatic N) is 3. The molecule has 2 aromatic rings. The molecule has 0 bridgehead atoms. The summed E-state index contributed by atoms with van der Waals surface area (Å²) in [6.07, 6.45) is 1.65. The first-order valence-corrected chi connectivity index (χ1v) is 7.09. The SMILES string of the molecule is Cc1cc2c(N(CCN)CC(C)C)ncnc2s1. The number of nitrogens with two attached hydrogens (primary N) is 1. The summed E-state index contributed by atoms with van der Waals surface area (Å²) >= 11 is 1.71. The van der Waals surface area contributed by atoms with Crippen molar-refractivity contribution < 1.29 is 0 Å². The Kier molecular flexibility index (Phi) is 4.14. The van der Waals surface area contributed by atoms with Gasteiger partial charge in [0, 0.05) is 24.5 Å². The Morgan fingerprint density at radius 2 is 2.17 bits per heavy atom. The van der Waals surface area contributed by atoms with Crippen LogP contribution in [0.2, 0.25) is 0 Å². The van der Waals surface area contributed by atoms with Crippen LogP contribution in [0.3, 0.4) is 0 Å². The molecule has 0 amide bonds. The van der Waals surface area contributed by atoms with Crippen LogP contribution in [-0.2, 0) is 0 Å². The summed E-state index contributed by atoms with van der Waals surface area (Å²) in [5.74, 6) is 1.60. The highest BCUT2D eigenvalue weighted by atomic mass is 32.1. The third-order valence-electron chi connectivity index (χ3n) is 2.72. The smallest absolute Gasteiger partial charge is 0.140 e. The molecule has 2 N–H and O–H groups in total. The summed E-state index contributed by atoms with van der Waals surface area (Å²) in [6, 6.07) is 2.17. The summed E-state index contributed by atoms with van der Waals surface area (Å²) in [6.45, 7) is 8.96. The molecule has 0 aliphatic heterocycles. The number of hydrogen-bond donors (Lipinski definition) is 1. The fourth-order valence-electron chi connectivity index (χ4n) is 2.10. The maximum absolute atomic E-state index is 5.71. The Bertz CT molecular complexity index is 521. The molecule has 4 nitrogen and oxygen atoms in total. The van der Waals surface area contributed by atoms with Gasteiger partial charge in [0.15, 0.2) is 0 Å². The molecule has 0 unspecified atom stereocenters. The van der Waals surface area contributed by atoms with Crippen molar-refractivity contribution in [3.05, 3.63) is 17.3 Å². The summed E-state index contributed by atoms with van der Waals surface area (Å²) in [5.41, 5.74) is 5.71. The first-order valence-electron chi connectivity index (χ1n) is 6.28. The van der Waals surface area contributed by atoms with Crippen LogP contribution in [0.25, 0.3) is 10.2 Å². The summed E-state index contributed by atoms with van der Waals surface area (Å²) in [5, 5.41) is 1.15. The second-order valence-electron chi connectivity index (χ2n) is 4.90. The number of thiophene rings is 1. The molecule has 0 saturated heterocycles. The Labute approximate surface area is 112 Å². The molecule has 0 radical (unpaired) electrons. The Hall–Kier alpha value is -1.20. The summed E-state index contributed by atoms with van der Waals surface area (Å²) < 4.78 is 0. The van der Waals surface area contributed by atoms with E-state index in [1.54, 1.807) is 17.7 Å². The van der Waals surface area contributed by atoms with Crippen molar-refractivity contribution in [3.8, 4) is 0 Å². The van der Waals surface area contributed by atoms with Gasteiger partial charge >= 0.3 is 0 Å². The molecule has 0 saturated carbocycles. The Balaban J connectivity index is 2.42. The van der Waals surface area contributed by atoms with Crippen LogP contribution in [0, 0.1) is 12.8 Å². The molecule has 18 heavy (non-hydrogen) atoms. The van der Waals surface area contributed by atoms with Crippen molar-refractivity contribution in [2.45, 2.75) is 20.8 Å². The molecule has 0 spiro atoms. The van der Waals surface area contributed by atoms with Crippen LogP contribution in [0.15, 0.2) is 12.4 Å². The fourth-order valence-corrected chi connectivity index (χ4v) is 2.94. The second kappa shape index (κ2) is 5.63. The van der Waals surface area contributed by atoms with E-state index in [4.69, 9.17) is 5.73 Å². The molecule has 0 aliphatic rings. The van der Waals surface area contributed by atoms with Gasteiger partial charge in [0.1, 0.15) is 17.0 Å². The van der Waals surface area contributed by atoms with Gasteiger partial charge in [0.05, 0.1) is 5.39 Å². The minimum atomic E-state index is 0.585. The second-order valence-corrected chi connectivity index (χ2v) is 6.14. The predicted octanol–water partition coefficient (Wildman–Crippen LogP) is 2.42. The van der Waals surface area contributed by atoms with Gasteiger partial charge in [0.25, 0.3) is 0 Å². The van der Waals surface area contributed by atoms with Gasteiger partial charge in [-0.15, -0.1) is 11.3 Å². The van der Waals surface area contributed by atoms with Crippen LogP contribution >= 0.6 is 11.3 Å². The molecule has 2 rings (SSSR count). The highest BCUT2D eigenvalue weighted by Gasteiger charge is 2.14. The maximum atomic E-state index is 5.71. The maximum Gasteiger partial charge on any atom is 0.140 e. The number of aromatic nitrogens is 2. The molecule has 0 atom stereocenters. The number of anilines is 1. The lowest BCUT2D eigenvalue weighted by molar-refractivity contribution is 0.608. The zero-order valence-electron chi connectivity index (χ0n) is 11.2. The van der Waals surface area contributed by atoms with E-state index in [1.165, 1.54) is 4.88 Å². The molecule has 2 heterocycles. The van der Waals surface area contributed by atoms with E-state index in [2.05, 4.69) is 41.7 Å². The van der Waals surface area contributed by atoms with E-state index in [-0.39, 0.29) is 0 Å². The minimum absolute atomic E-state index is 0.585. The van der Waals surface area contributed by atoms with Gasteiger partial charge in [-0.2, -0.15) is 0 Å². The van der Waals surface area contributed by atoms with Crippen molar-refractivity contribution in [2.75, 3.05) is 24.5 Å². The Morgan fingerprint density at radius 1 is 1.39 bits per heavy atom. The van der Waals surface area contributed by atoms with Gasteiger partial charge in [-0.3, -0.25) is 0 Å². The van der Waals surface area contributed by atoms with Crippen LogP contribution in [0.5, 0.6) is 0 Å². The summed E-state index contributed by atoms with van der Waals surface area (Å²) in [4.78, 5) is 13.4. The quantitative estimate of drug-likeness (QED) is 0.901. The average molecular weight is 264 g/mol. The van der Waals surface area contributed by atoms with Gasteiger partial charge in [-0.25, -0.2) is 9.97 Å². The van der Waals surface area contributed by atoms with Gasteiger partial charge in [0.2, 0.25) is 0 Å². The number of aryl methyl sites for hydroxylation is 1. The topological polar surface area (TPSA) is 55.0 Å². The van der Waals surface area contributed by atoms with Gasteiger partial charge < -0.3 is 10.6 Å². The third-order valence-corrected chi connectivity index (χ3v) is 3.67. The molecule has 5 heteroatoms. The zero-order valence-corrected chi connectivity index (χ0v) is 12.0. The van der Waals surface area contributed by atoms with Crippen molar-refractivity contribution in [1.29, 1.82) is 0 Å². The highest BCUT2D eigenvalue weighted by molar-refractivity contribution is 7.18. The van der Waals surface area contributed by atoms with Crippen LogP contribution in [0.4, 0.5) is 5.82 Å². The molecular formula is C13H20N4S. The third kappa shape index (κ3) is 2.79. The first kappa shape index (κ1) is 13.2. The van der Waals surface area contributed by atoms with E-state index >= 15 is 0 Å². The predicted molar refractivity (Wildman–Crippen MR) is 78.3 cm³/mol. The van der Waals surface area contributed by atoms with E-state index in [0.29, 0.717) is 12.5 Å². The van der Waals surface area contributed by atoms with Gasteiger partial charge in [-0.1, -0.05) is 13.8 Å². The lowest BCUT2D eigenvalue weighted by Gasteiger charge is -2.25. The monoisotopic (exact) mass is 264 g/mol. The van der Waals surface area contributed by atoms with Gasteiger partial charge in [-0.05, 0) is 18.9 Å². The van der Waals surface area contributed by atoms with E-state index in [1.807, 2.05) is 0 Å². The first-order chi connectivity index (χ1) is 8.61. The number of hydrogen-bond acceptors (Lipinski definition) is 5. The average Bonchev–Trinajstić information content (AvgIpc) is 2.67. The lowest BCUT2D eigenvalue weighted by atomic mass is 10.2. The van der Waals surface area contributed by atoms with E-state index < -0.39 is 0 Å². The van der Waals surface area contributed by atoms with Crippen molar-refractivity contribution in [1.82, 2.24) is 9.97 Å². The van der Waals surface area contributed by atoms with E-state index in [9.17, 15) is 0 Å². The minimum Gasteiger partial charge on any atom is -0.354 e. The zero-order chi connectivity index (χ0) is 13.1. The molecule has 2 aromatic heterocycles. The molecule has 0 aliphatic carbocycles. The molecule has 0 aromatic carbocycles. The summed E-state index contributed by atoms with van der Waals surface area (Å²) in [7, 11) is 0. The number of fused-ring (bicyclic) bond motifs is 1. The van der Waals surface area contributed by atoms with E-state index in [0.717, 1.165) is 29.1 Å². The van der Waals surface area contributed by atoms with Crippen molar-refractivity contribution in [2.24, 2.45) is 11.7 Å². The molecular weight excluding hydrogens is 244 g/mol. The Morgan fingerprint density at radius 3 is 2.83 bits per heavy atom.